The largest absolute Gasteiger partial charge is 0.395 e. The third kappa shape index (κ3) is 3.50. The van der Waals surface area contributed by atoms with Crippen LogP contribution in [0.1, 0.15) is 36.1 Å². The number of nitrogens with zero attached hydrogens (tertiary/aromatic N) is 2. The molecule has 1 fully saturated rings. The number of amides is 2. The Morgan fingerprint density at radius 2 is 2.18 bits per heavy atom. The molecule has 0 aromatic carbocycles. The molecule has 6 heteroatoms. The topological polar surface area (TPSA) is 60.9 Å². The minimum atomic E-state index is -0.0107. The summed E-state index contributed by atoms with van der Waals surface area (Å²) >= 11 is 1.75. The van der Waals surface area contributed by atoms with E-state index in [1.54, 1.807) is 16.2 Å². The average molecular weight is 322 g/mol. The number of carbonyl (C=O) groups is 2. The van der Waals surface area contributed by atoms with Gasteiger partial charge in [-0.05, 0) is 36.3 Å². The maximum Gasteiger partial charge on any atom is 0.223 e. The number of hydrogen-bond donors (Lipinski definition) is 1. The monoisotopic (exact) mass is 322 g/mol. The highest BCUT2D eigenvalue weighted by atomic mass is 32.1. The second-order valence-corrected chi connectivity index (χ2v) is 6.98. The van der Waals surface area contributed by atoms with E-state index in [1.165, 1.54) is 10.4 Å². The number of fused-ring (bicyclic) bond motifs is 1. The van der Waals surface area contributed by atoms with E-state index in [0.29, 0.717) is 13.1 Å². The van der Waals surface area contributed by atoms with Crippen LogP contribution in [0.4, 0.5) is 0 Å². The van der Waals surface area contributed by atoms with Crippen molar-refractivity contribution in [3.8, 4) is 0 Å². The molecule has 2 amide bonds. The SMILES string of the molecule is O=C(CCC(=O)N(CCO)C1CC1)N1CCc2sccc2C1. The van der Waals surface area contributed by atoms with E-state index in [2.05, 4.69) is 11.4 Å². The zero-order valence-electron chi connectivity index (χ0n) is 12.7. The molecule has 120 valence electrons. The van der Waals surface area contributed by atoms with Gasteiger partial charge in [0.25, 0.3) is 0 Å². The Kier molecular flexibility index (Phi) is 4.78. The number of rotatable bonds is 6. The zero-order valence-corrected chi connectivity index (χ0v) is 13.5. The summed E-state index contributed by atoms with van der Waals surface area (Å²) in [4.78, 5) is 29.5. The molecule has 0 unspecified atom stereocenters. The molecule has 1 N–H and O–H groups in total. The van der Waals surface area contributed by atoms with Gasteiger partial charge in [-0.15, -0.1) is 11.3 Å². The van der Waals surface area contributed by atoms with Gasteiger partial charge in [0.15, 0.2) is 0 Å². The summed E-state index contributed by atoms with van der Waals surface area (Å²) < 4.78 is 0. The van der Waals surface area contributed by atoms with Crippen molar-refractivity contribution in [1.82, 2.24) is 9.80 Å². The fourth-order valence-electron chi connectivity index (χ4n) is 2.98. The first-order valence-electron chi connectivity index (χ1n) is 7.92. The van der Waals surface area contributed by atoms with Gasteiger partial charge in [-0.2, -0.15) is 0 Å². The van der Waals surface area contributed by atoms with Crippen molar-refractivity contribution >= 4 is 23.2 Å². The minimum absolute atomic E-state index is 0.00173. The predicted octanol–water partition coefficient (Wildman–Crippen LogP) is 1.40. The summed E-state index contributed by atoms with van der Waals surface area (Å²) in [7, 11) is 0. The van der Waals surface area contributed by atoms with Crippen molar-refractivity contribution in [1.29, 1.82) is 0 Å². The van der Waals surface area contributed by atoms with Crippen LogP contribution in [0, 0.1) is 0 Å². The van der Waals surface area contributed by atoms with Crippen LogP contribution in [0.25, 0.3) is 0 Å². The molecule has 1 saturated carbocycles. The van der Waals surface area contributed by atoms with Crippen molar-refractivity contribution < 1.29 is 14.7 Å². The Labute approximate surface area is 134 Å². The van der Waals surface area contributed by atoms with E-state index in [4.69, 9.17) is 5.11 Å². The standard InChI is InChI=1S/C16H22N2O3S/c19-9-8-18(13-1-2-13)16(21)4-3-15(20)17-7-5-14-12(11-17)6-10-22-14/h6,10,13,19H,1-5,7-9,11H2. The third-order valence-corrected chi connectivity index (χ3v) is 5.38. The lowest BCUT2D eigenvalue weighted by atomic mass is 10.1. The van der Waals surface area contributed by atoms with Crippen LogP contribution in [-0.2, 0) is 22.6 Å². The first-order chi connectivity index (χ1) is 10.7. The molecule has 0 bridgehead atoms. The van der Waals surface area contributed by atoms with E-state index >= 15 is 0 Å². The van der Waals surface area contributed by atoms with E-state index < -0.39 is 0 Å². The van der Waals surface area contributed by atoms with Crippen LogP contribution in [0.2, 0.25) is 0 Å². The van der Waals surface area contributed by atoms with Gasteiger partial charge in [-0.3, -0.25) is 9.59 Å². The summed E-state index contributed by atoms with van der Waals surface area (Å²) in [6.07, 6.45) is 3.49. The number of carbonyl (C=O) groups excluding carboxylic acids is 2. The lowest BCUT2D eigenvalue weighted by molar-refractivity contribution is -0.138. The van der Waals surface area contributed by atoms with Crippen molar-refractivity contribution in [3.05, 3.63) is 21.9 Å². The number of thiophene rings is 1. The van der Waals surface area contributed by atoms with Gasteiger partial charge in [0.05, 0.1) is 6.61 Å². The Balaban J connectivity index is 1.49. The van der Waals surface area contributed by atoms with E-state index in [9.17, 15) is 9.59 Å². The molecule has 1 aromatic heterocycles. The summed E-state index contributed by atoms with van der Waals surface area (Å²) in [5, 5.41) is 11.1. The van der Waals surface area contributed by atoms with E-state index in [-0.39, 0.29) is 37.3 Å². The molecule has 5 nitrogen and oxygen atoms in total. The molecule has 0 spiro atoms. The molecule has 22 heavy (non-hydrogen) atoms. The molecule has 2 aliphatic rings. The van der Waals surface area contributed by atoms with E-state index in [0.717, 1.165) is 25.8 Å². The number of hydrogen-bond acceptors (Lipinski definition) is 4. The van der Waals surface area contributed by atoms with Crippen LogP contribution < -0.4 is 0 Å². The number of aliphatic hydroxyl groups excluding tert-OH is 1. The molecule has 0 atom stereocenters. The first-order valence-corrected chi connectivity index (χ1v) is 8.80. The van der Waals surface area contributed by atoms with Crippen molar-refractivity contribution in [3.63, 3.8) is 0 Å². The molecule has 1 aliphatic heterocycles. The highest BCUT2D eigenvalue weighted by Gasteiger charge is 2.32. The average Bonchev–Trinajstić information content (AvgIpc) is 3.26. The summed E-state index contributed by atoms with van der Waals surface area (Å²) in [6, 6.07) is 2.37. The Hall–Kier alpha value is -1.40. The van der Waals surface area contributed by atoms with Gasteiger partial charge < -0.3 is 14.9 Å². The van der Waals surface area contributed by atoms with Crippen LogP contribution >= 0.6 is 11.3 Å². The molecular formula is C16H22N2O3S. The van der Waals surface area contributed by atoms with Crippen LogP contribution in [-0.4, -0.2) is 52.5 Å². The third-order valence-electron chi connectivity index (χ3n) is 4.36. The highest BCUT2D eigenvalue weighted by molar-refractivity contribution is 7.10. The minimum Gasteiger partial charge on any atom is -0.395 e. The fraction of sp³-hybridized carbons (Fsp3) is 0.625. The van der Waals surface area contributed by atoms with Gasteiger partial charge in [0, 0.05) is 43.4 Å². The highest BCUT2D eigenvalue weighted by Crippen LogP contribution is 2.28. The summed E-state index contributed by atoms with van der Waals surface area (Å²) in [5.74, 6) is 0.0584. The van der Waals surface area contributed by atoms with Crippen LogP contribution in [0.5, 0.6) is 0 Å². The van der Waals surface area contributed by atoms with Crippen molar-refractivity contribution in [2.45, 2.75) is 44.7 Å². The smallest absolute Gasteiger partial charge is 0.223 e. The van der Waals surface area contributed by atoms with Crippen molar-refractivity contribution in [2.75, 3.05) is 19.7 Å². The first kappa shape index (κ1) is 15.5. The lowest BCUT2D eigenvalue weighted by Gasteiger charge is -2.27. The van der Waals surface area contributed by atoms with Gasteiger partial charge in [0.1, 0.15) is 0 Å². The van der Waals surface area contributed by atoms with Crippen LogP contribution in [0.3, 0.4) is 0 Å². The normalized spacial score (nSPS) is 17.2. The van der Waals surface area contributed by atoms with Gasteiger partial charge >= 0.3 is 0 Å². The lowest BCUT2D eigenvalue weighted by Crippen LogP contribution is -2.38. The second kappa shape index (κ2) is 6.79. The molecule has 0 radical (unpaired) electrons. The second-order valence-electron chi connectivity index (χ2n) is 5.98. The van der Waals surface area contributed by atoms with Crippen LogP contribution in [0.15, 0.2) is 11.4 Å². The Bertz CT molecular complexity index is 553. The molecule has 2 heterocycles. The van der Waals surface area contributed by atoms with Gasteiger partial charge in [0.2, 0.25) is 11.8 Å². The Morgan fingerprint density at radius 3 is 2.91 bits per heavy atom. The van der Waals surface area contributed by atoms with Gasteiger partial charge in [-0.1, -0.05) is 0 Å². The summed E-state index contributed by atoms with van der Waals surface area (Å²) in [6.45, 7) is 1.81. The molecule has 1 aromatic rings. The molecule has 0 saturated heterocycles. The quantitative estimate of drug-likeness (QED) is 0.861. The van der Waals surface area contributed by atoms with E-state index in [1.807, 2.05) is 4.90 Å². The maximum absolute atomic E-state index is 12.3. The molecule has 3 rings (SSSR count). The zero-order chi connectivity index (χ0) is 15.5. The predicted molar refractivity (Wildman–Crippen MR) is 84.5 cm³/mol. The maximum atomic E-state index is 12.3. The molecule has 1 aliphatic carbocycles. The number of aliphatic hydroxyl groups is 1. The molecular weight excluding hydrogens is 300 g/mol. The Morgan fingerprint density at radius 1 is 1.36 bits per heavy atom. The van der Waals surface area contributed by atoms with Crippen molar-refractivity contribution in [2.24, 2.45) is 0 Å². The summed E-state index contributed by atoms with van der Waals surface area (Å²) in [5.41, 5.74) is 1.25. The van der Waals surface area contributed by atoms with Gasteiger partial charge in [-0.25, -0.2) is 0 Å². The fourth-order valence-corrected chi connectivity index (χ4v) is 3.87.